The molecular weight excluding hydrogens is 228 g/mol. The van der Waals surface area contributed by atoms with Crippen LogP contribution in [0.4, 0.5) is 0 Å². The van der Waals surface area contributed by atoms with E-state index >= 15 is 0 Å². The molecule has 2 aromatic heterocycles. The minimum atomic E-state index is 0.490. The van der Waals surface area contributed by atoms with E-state index in [9.17, 15) is 0 Å². The van der Waals surface area contributed by atoms with E-state index in [0.717, 1.165) is 16.3 Å². The monoisotopic (exact) mass is 236 g/mol. The van der Waals surface area contributed by atoms with Gasteiger partial charge in [-0.15, -0.1) is 11.8 Å². The molecule has 0 aliphatic rings. The quantitative estimate of drug-likeness (QED) is 0.590. The fourth-order valence-electron chi connectivity index (χ4n) is 1.25. The van der Waals surface area contributed by atoms with Gasteiger partial charge in [-0.25, -0.2) is 9.97 Å². The van der Waals surface area contributed by atoms with Crippen molar-refractivity contribution in [3.8, 4) is 11.3 Å². The van der Waals surface area contributed by atoms with Crippen LogP contribution in [0.1, 0.15) is 0 Å². The molecule has 2 aromatic rings. The molecule has 0 saturated carbocycles. The number of pyridine rings is 2. The van der Waals surface area contributed by atoms with Crippen molar-refractivity contribution in [2.45, 2.75) is 5.03 Å². The van der Waals surface area contributed by atoms with Gasteiger partial charge in [-0.3, -0.25) is 0 Å². The van der Waals surface area contributed by atoms with E-state index in [1.807, 2.05) is 36.6 Å². The Kier molecular flexibility index (Phi) is 3.23. The minimum absolute atomic E-state index is 0.490. The van der Waals surface area contributed by atoms with Gasteiger partial charge < -0.3 is 0 Å². The average Bonchev–Trinajstić information content (AvgIpc) is 2.29. The molecule has 15 heavy (non-hydrogen) atoms. The molecule has 2 rings (SSSR count). The number of hydrogen-bond donors (Lipinski definition) is 0. The number of rotatable bonds is 2. The highest BCUT2D eigenvalue weighted by atomic mass is 35.5. The molecule has 0 unspecified atom stereocenters. The zero-order valence-electron chi connectivity index (χ0n) is 8.14. The Hall–Kier alpha value is -1.06. The van der Waals surface area contributed by atoms with Crippen molar-refractivity contribution in [2.75, 3.05) is 6.26 Å². The largest absolute Gasteiger partial charge is 0.245 e. The summed E-state index contributed by atoms with van der Waals surface area (Å²) in [5, 5.41) is 1.49. The van der Waals surface area contributed by atoms with Crippen molar-refractivity contribution in [3.05, 3.63) is 41.7 Å². The molecule has 0 bridgehead atoms. The third kappa shape index (κ3) is 2.49. The highest BCUT2D eigenvalue weighted by Gasteiger charge is 2.01. The second-order valence-electron chi connectivity index (χ2n) is 2.93. The Labute approximate surface area is 97.7 Å². The lowest BCUT2D eigenvalue weighted by atomic mass is 10.2. The molecule has 0 aliphatic carbocycles. The van der Waals surface area contributed by atoms with Crippen LogP contribution in [0.2, 0.25) is 5.15 Å². The molecule has 4 heteroatoms. The second-order valence-corrected chi connectivity index (χ2v) is 4.15. The topological polar surface area (TPSA) is 25.8 Å². The van der Waals surface area contributed by atoms with Crippen LogP contribution < -0.4 is 0 Å². The lowest BCUT2D eigenvalue weighted by Crippen LogP contribution is -1.86. The molecule has 0 N–H and O–H groups in total. The Balaban J connectivity index is 2.44. The van der Waals surface area contributed by atoms with Gasteiger partial charge in [0.1, 0.15) is 5.15 Å². The maximum atomic E-state index is 5.82. The van der Waals surface area contributed by atoms with E-state index in [-0.39, 0.29) is 0 Å². The lowest BCUT2D eigenvalue weighted by molar-refractivity contribution is 1.14. The van der Waals surface area contributed by atoms with E-state index in [4.69, 9.17) is 11.6 Å². The Morgan fingerprint density at radius 3 is 2.87 bits per heavy atom. The highest BCUT2D eigenvalue weighted by Crippen LogP contribution is 2.21. The summed E-state index contributed by atoms with van der Waals surface area (Å²) < 4.78 is 0. The highest BCUT2D eigenvalue weighted by molar-refractivity contribution is 7.98. The summed E-state index contributed by atoms with van der Waals surface area (Å²) in [6.45, 7) is 0. The van der Waals surface area contributed by atoms with Crippen LogP contribution in [0.15, 0.2) is 41.6 Å². The second kappa shape index (κ2) is 4.64. The summed E-state index contributed by atoms with van der Waals surface area (Å²) in [6, 6.07) is 9.65. The Morgan fingerprint density at radius 1 is 1.27 bits per heavy atom. The van der Waals surface area contributed by atoms with Gasteiger partial charge in [0.15, 0.2) is 0 Å². The molecule has 0 fully saturated rings. The van der Waals surface area contributed by atoms with Crippen molar-refractivity contribution in [2.24, 2.45) is 0 Å². The Bertz CT molecular complexity index is 474. The first-order valence-corrected chi connectivity index (χ1v) is 6.03. The van der Waals surface area contributed by atoms with Crippen LogP contribution in [0.5, 0.6) is 0 Å². The fourth-order valence-corrected chi connectivity index (χ4v) is 1.83. The van der Waals surface area contributed by atoms with Gasteiger partial charge in [0, 0.05) is 11.8 Å². The van der Waals surface area contributed by atoms with E-state index < -0.39 is 0 Å². The van der Waals surface area contributed by atoms with Crippen molar-refractivity contribution < 1.29 is 0 Å². The standard InChI is InChI=1S/C11H9ClN2S/c1-15-11-4-2-3-9(14-11)8-5-6-13-10(12)7-8/h2-7H,1H3. The molecular formula is C11H9ClN2S. The maximum absolute atomic E-state index is 5.82. The first kappa shape index (κ1) is 10.5. The summed E-state index contributed by atoms with van der Waals surface area (Å²) in [6.07, 6.45) is 3.69. The molecule has 0 radical (unpaired) electrons. The lowest BCUT2D eigenvalue weighted by Gasteiger charge is -2.02. The molecule has 0 amide bonds. The predicted molar refractivity (Wildman–Crippen MR) is 64.3 cm³/mol. The number of aromatic nitrogens is 2. The van der Waals surface area contributed by atoms with Gasteiger partial charge in [0.2, 0.25) is 0 Å². The van der Waals surface area contributed by atoms with Gasteiger partial charge >= 0.3 is 0 Å². The molecule has 2 nitrogen and oxygen atoms in total. The average molecular weight is 237 g/mol. The van der Waals surface area contributed by atoms with Gasteiger partial charge in [0.25, 0.3) is 0 Å². The summed E-state index contributed by atoms with van der Waals surface area (Å²) in [7, 11) is 0. The molecule has 0 saturated heterocycles. The Morgan fingerprint density at radius 2 is 2.13 bits per heavy atom. The van der Waals surface area contributed by atoms with E-state index in [0.29, 0.717) is 5.15 Å². The molecule has 0 aromatic carbocycles. The van der Waals surface area contributed by atoms with Crippen LogP contribution in [0.25, 0.3) is 11.3 Å². The van der Waals surface area contributed by atoms with Crippen molar-refractivity contribution in [1.82, 2.24) is 9.97 Å². The van der Waals surface area contributed by atoms with Crippen molar-refractivity contribution >= 4 is 23.4 Å². The van der Waals surface area contributed by atoms with Crippen LogP contribution in [-0.2, 0) is 0 Å². The zero-order chi connectivity index (χ0) is 10.7. The number of thioether (sulfide) groups is 1. The smallest absolute Gasteiger partial charge is 0.129 e. The summed E-state index contributed by atoms with van der Waals surface area (Å²) >= 11 is 7.45. The molecule has 2 heterocycles. The molecule has 0 aliphatic heterocycles. The predicted octanol–water partition coefficient (Wildman–Crippen LogP) is 3.52. The summed E-state index contributed by atoms with van der Waals surface area (Å²) in [5.41, 5.74) is 1.91. The minimum Gasteiger partial charge on any atom is -0.245 e. The molecule has 0 spiro atoms. The number of nitrogens with zero attached hydrogens (tertiary/aromatic N) is 2. The number of hydrogen-bond acceptors (Lipinski definition) is 3. The van der Waals surface area contributed by atoms with Crippen LogP contribution >= 0.6 is 23.4 Å². The molecule has 76 valence electrons. The van der Waals surface area contributed by atoms with E-state index in [1.54, 1.807) is 18.0 Å². The third-order valence-electron chi connectivity index (χ3n) is 1.96. The SMILES string of the molecule is CSc1cccc(-c2ccnc(Cl)c2)n1. The van der Waals surface area contributed by atoms with Gasteiger partial charge in [-0.05, 0) is 30.5 Å². The van der Waals surface area contributed by atoms with Crippen molar-refractivity contribution in [3.63, 3.8) is 0 Å². The molecule has 0 atom stereocenters. The first-order chi connectivity index (χ1) is 7.29. The number of halogens is 1. The summed E-state index contributed by atoms with van der Waals surface area (Å²) in [5.74, 6) is 0. The van der Waals surface area contributed by atoms with E-state index in [2.05, 4.69) is 9.97 Å². The normalized spacial score (nSPS) is 10.3. The van der Waals surface area contributed by atoms with Crippen LogP contribution in [-0.4, -0.2) is 16.2 Å². The first-order valence-electron chi connectivity index (χ1n) is 4.42. The maximum Gasteiger partial charge on any atom is 0.129 e. The van der Waals surface area contributed by atoms with Crippen molar-refractivity contribution in [1.29, 1.82) is 0 Å². The van der Waals surface area contributed by atoms with Gasteiger partial charge in [-0.2, -0.15) is 0 Å². The van der Waals surface area contributed by atoms with Crippen LogP contribution in [0, 0.1) is 0 Å². The third-order valence-corrected chi connectivity index (χ3v) is 2.81. The van der Waals surface area contributed by atoms with E-state index in [1.165, 1.54) is 0 Å². The summed E-state index contributed by atoms with van der Waals surface area (Å²) in [4.78, 5) is 8.42. The van der Waals surface area contributed by atoms with Gasteiger partial charge in [-0.1, -0.05) is 17.7 Å². The fraction of sp³-hybridized carbons (Fsp3) is 0.0909. The van der Waals surface area contributed by atoms with Crippen LogP contribution in [0.3, 0.4) is 0 Å². The van der Waals surface area contributed by atoms with Gasteiger partial charge in [0.05, 0.1) is 10.7 Å². The zero-order valence-corrected chi connectivity index (χ0v) is 9.72.